The third-order valence-corrected chi connectivity index (χ3v) is 2.45. The number of halogens is 1. The van der Waals surface area contributed by atoms with Crippen molar-refractivity contribution in [3.63, 3.8) is 0 Å². The van der Waals surface area contributed by atoms with E-state index in [2.05, 4.69) is 22.4 Å². The van der Waals surface area contributed by atoms with Crippen molar-refractivity contribution < 1.29 is 0 Å². The quantitative estimate of drug-likeness (QED) is 0.815. The van der Waals surface area contributed by atoms with Gasteiger partial charge in [0.25, 0.3) is 0 Å². The van der Waals surface area contributed by atoms with Gasteiger partial charge in [0, 0.05) is 12.1 Å². The fourth-order valence-corrected chi connectivity index (χ4v) is 1.90. The molecule has 0 radical (unpaired) electrons. The van der Waals surface area contributed by atoms with Crippen LogP contribution in [-0.4, -0.2) is 11.3 Å². The second-order valence-corrected chi connectivity index (χ2v) is 3.99. The van der Waals surface area contributed by atoms with Gasteiger partial charge in [-0.15, -0.1) is 0 Å². The van der Waals surface area contributed by atoms with E-state index in [-0.39, 0.29) is 6.17 Å². The topological polar surface area (TPSA) is 24.4 Å². The fourth-order valence-electron chi connectivity index (χ4n) is 1.63. The highest BCUT2D eigenvalue weighted by molar-refractivity contribution is 6.68. The third-order valence-electron chi connectivity index (χ3n) is 2.24. The number of nitrogens with zero attached hydrogens (tertiary/aromatic N) is 1. The highest BCUT2D eigenvalue weighted by Gasteiger charge is 2.09. The summed E-state index contributed by atoms with van der Waals surface area (Å²) in [6.45, 7) is 1.99. The van der Waals surface area contributed by atoms with Gasteiger partial charge in [-0.1, -0.05) is 41.9 Å². The molecule has 0 saturated carbocycles. The van der Waals surface area contributed by atoms with Gasteiger partial charge >= 0.3 is 0 Å². The molecule has 0 fully saturated rings. The molecule has 0 saturated heterocycles. The Balaban J connectivity index is 2.11. The summed E-state index contributed by atoms with van der Waals surface area (Å²) in [5.74, 6) is 0. The Bertz CT molecular complexity index is 395. The van der Waals surface area contributed by atoms with Crippen molar-refractivity contribution in [2.24, 2.45) is 4.99 Å². The summed E-state index contributed by atoms with van der Waals surface area (Å²) < 4.78 is 0. The minimum absolute atomic E-state index is 0.0706. The van der Waals surface area contributed by atoms with Gasteiger partial charge in [-0.2, -0.15) is 0 Å². The van der Waals surface area contributed by atoms with Crippen molar-refractivity contribution in [1.82, 2.24) is 5.32 Å². The van der Waals surface area contributed by atoms with E-state index in [0.717, 1.165) is 12.1 Å². The second-order valence-electron chi connectivity index (χ2n) is 3.60. The maximum Gasteiger partial charge on any atom is 0.127 e. The lowest BCUT2D eigenvalue weighted by Gasteiger charge is -2.19. The molecule has 0 spiro atoms. The molecule has 3 heteroatoms. The smallest absolute Gasteiger partial charge is 0.127 e. The van der Waals surface area contributed by atoms with Crippen LogP contribution >= 0.6 is 11.6 Å². The van der Waals surface area contributed by atoms with Crippen LogP contribution in [0.1, 0.15) is 12.5 Å². The van der Waals surface area contributed by atoms with Gasteiger partial charge < -0.3 is 5.32 Å². The Hall–Kier alpha value is -1.28. The summed E-state index contributed by atoms with van der Waals surface area (Å²) in [5.41, 5.74) is 2.39. The molecule has 1 atom stereocenters. The maximum atomic E-state index is 5.91. The molecule has 1 heterocycles. The van der Waals surface area contributed by atoms with E-state index in [9.17, 15) is 0 Å². The average molecular weight is 221 g/mol. The molecule has 15 heavy (non-hydrogen) atoms. The molecule has 0 aromatic heterocycles. The molecule has 1 aliphatic rings. The zero-order chi connectivity index (χ0) is 10.7. The lowest BCUT2D eigenvalue weighted by Crippen LogP contribution is -2.28. The molecule has 2 rings (SSSR count). The summed E-state index contributed by atoms with van der Waals surface area (Å²) >= 11 is 5.91. The zero-order valence-corrected chi connectivity index (χ0v) is 9.33. The largest absolute Gasteiger partial charge is 0.367 e. The number of hydrogen-bond donors (Lipinski definition) is 1. The van der Waals surface area contributed by atoms with Crippen LogP contribution in [0.3, 0.4) is 0 Å². The van der Waals surface area contributed by atoms with Gasteiger partial charge in [0.1, 0.15) is 11.3 Å². The molecule has 1 aromatic carbocycles. The number of nitrogens with one attached hydrogen (secondary N) is 1. The van der Waals surface area contributed by atoms with Gasteiger partial charge in [0.15, 0.2) is 0 Å². The highest BCUT2D eigenvalue weighted by Crippen LogP contribution is 2.11. The lowest BCUT2D eigenvalue weighted by atomic mass is 10.1. The van der Waals surface area contributed by atoms with Crippen molar-refractivity contribution in [1.29, 1.82) is 0 Å². The van der Waals surface area contributed by atoms with E-state index in [4.69, 9.17) is 11.6 Å². The molecule has 78 valence electrons. The molecular formula is C12H13ClN2. The molecule has 2 nitrogen and oxygen atoms in total. The van der Waals surface area contributed by atoms with E-state index < -0.39 is 0 Å². The fraction of sp³-hybridized carbons (Fsp3) is 0.250. The van der Waals surface area contributed by atoms with E-state index in [1.807, 2.05) is 31.2 Å². The number of allylic oxidation sites excluding steroid dienone is 2. The van der Waals surface area contributed by atoms with Crippen LogP contribution in [-0.2, 0) is 6.42 Å². The second kappa shape index (κ2) is 4.49. The zero-order valence-electron chi connectivity index (χ0n) is 8.57. The van der Waals surface area contributed by atoms with E-state index >= 15 is 0 Å². The minimum Gasteiger partial charge on any atom is -0.367 e. The Morgan fingerprint density at radius 1 is 1.33 bits per heavy atom. The predicted molar refractivity (Wildman–Crippen MR) is 64.1 cm³/mol. The molecule has 0 bridgehead atoms. The van der Waals surface area contributed by atoms with Crippen LogP contribution in [0.25, 0.3) is 0 Å². The molecule has 1 aromatic rings. The molecule has 0 aliphatic carbocycles. The average Bonchev–Trinajstić information content (AvgIpc) is 2.17. The highest BCUT2D eigenvalue weighted by atomic mass is 35.5. The van der Waals surface area contributed by atoms with Crippen LogP contribution in [0, 0.1) is 0 Å². The van der Waals surface area contributed by atoms with E-state index in [0.29, 0.717) is 5.17 Å². The molecular weight excluding hydrogens is 208 g/mol. The SMILES string of the molecule is CC1N=C(Cl)C=C(Cc2ccccc2)N1. The van der Waals surface area contributed by atoms with Crippen molar-refractivity contribution in [2.45, 2.75) is 19.5 Å². The standard InChI is InChI=1S/C12H13ClN2/c1-9-14-11(8-12(13)15-9)7-10-5-3-2-4-6-10/h2-6,8-9,14H,7H2,1H3. The number of aliphatic imine (C=N–C) groups is 1. The molecule has 1 unspecified atom stereocenters. The van der Waals surface area contributed by atoms with Crippen LogP contribution in [0.5, 0.6) is 0 Å². The van der Waals surface area contributed by atoms with Crippen molar-refractivity contribution in [3.05, 3.63) is 47.7 Å². The Morgan fingerprint density at radius 3 is 2.73 bits per heavy atom. The van der Waals surface area contributed by atoms with Crippen molar-refractivity contribution in [2.75, 3.05) is 0 Å². The van der Waals surface area contributed by atoms with Crippen molar-refractivity contribution >= 4 is 16.8 Å². The van der Waals surface area contributed by atoms with Crippen LogP contribution in [0.4, 0.5) is 0 Å². The maximum absolute atomic E-state index is 5.91. The number of benzene rings is 1. The summed E-state index contributed by atoms with van der Waals surface area (Å²) in [5, 5.41) is 3.86. The first kappa shape index (κ1) is 10.2. The number of hydrogen-bond acceptors (Lipinski definition) is 2. The monoisotopic (exact) mass is 220 g/mol. The van der Waals surface area contributed by atoms with E-state index in [1.165, 1.54) is 5.56 Å². The van der Waals surface area contributed by atoms with Gasteiger partial charge in [-0.25, -0.2) is 4.99 Å². The van der Waals surface area contributed by atoms with E-state index in [1.54, 1.807) is 0 Å². The number of rotatable bonds is 2. The van der Waals surface area contributed by atoms with Gasteiger partial charge in [0.05, 0.1) is 0 Å². The molecule has 1 aliphatic heterocycles. The summed E-state index contributed by atoms with van der Waals surface area (Å²) in [7, 11) is 0. The Kier molecular flexibility index (Phi) is 3.07. The molecule has 0 amide bonds. The third kappa shape index (κ3) is 2.83. The van der Waals surface area contributed by atoms with Crippen LogP contribution < -0.4 is 5.32 Å². The lowest BCUT2D eigenvalue weighted by molar-refractivity contribution is 0.625. The van der Waals surface area contributed by atoms with Crippen molar-refractivity contribution in [3.8, 4) is 0 Å². The van der Waals surface area contributed by atoms with Gasteiger partial charge in [0.2, 0.25) is 0 Å². The Labute approximate surface area is 94.7 Å². The first-order valence-corrected chi connectivity index (χ1v) is 5.36. The van der Waals surface area contributed by atoms with Crippen LogP contribution in [0.2, 0.25) is 0 Å². The first-order valence-electron chi connectivity index (χ1n) is 4.98. The summed E-state index contributed by atoms with van der Waals surface area (Å²) in [6.07, 6.45) is 2.83. The predicted octanol–water partition coefficient (Wildman–Crippen LogP) is 2.70. The summed E-state index contributed by atoms with van der Waals surface area (Å²) in [4.78, 5) is 4.17. The Morgan fingerprint density at radius 2 is 2.07 bits per heavy atom. The van der Waals surface area contributed by atoms with Gasteiger partial charge in [-0.05, 0) is 18.6 Å². The van der Waals surface area contributed by atoms with Gasteiger partial charge in [-0.3, -0.25) is 0 Å². The molecule has 1 N–H and O–H groups in total. The normalized spacial score (nSPS) is 20.3. The van der Waals surface area contributed by atoms with Crippen LogP contribution in [0.15, 0.2) is 47.1 Å². The first-order chi connectivity index (χ1) is 7.24. The summed E-state index contributed by atoms with van der Waals surface area (Å²) in [6, 6.07) is 10.3. The minimum atomic E-state index is 0.0706.